The normalized spacial score (nSPS) is 18.0. The van der Waals surface area contributed by atoms with Gasteiger partial charge in [-0.2, -0.15) is 5.10 Å². The van der Waals surface area contributed by atoms with E-state index in [9.17, 15) is 0 Å². The van der Waals surface area contributed by atoms with Gasteiger partial charge in [0.2, 0.25) is 0 Å². The molecule has 23 heavy (non-hydrogen) atoms. The number of likely N-dealkylation sites (tertiary alicyclic amines) is 1. The highest BCUT2D eigenvalue weighted by molar-refractivity contribution is 6.34. The highest BCUT2D eigenvalue weighted by atomic mass is 35.5. The van der Waals surface area contributed by atoms with E-state index in [0.29, 0.717) is 10.0 Å². The van der Waals surface area contributed by atoms with Gasteiger partial charge in [-0.05, 0) is 50.6 Å². The van der Waals surface area contributed by atoms with Crippen LogP contribution in [0.3, 0.4) is 0 Å². The Balaban J connectivity index is 1.69. The topological polar surface area (TPSA) is 33.1 Å². The molecule has 1 aromatic carbocycles. The first-order valence-electron chi connectivity index (χ1n) is 8.24. The maximum Gasteiger partial charge on any atom is 0.133 e. The molecule has 4 rings (SSSR count). The number of anilines is 1. The second kappa shape index (κ2) is 6.34. The van der Waals surface area contributed by atoms with Crippen LogP contribution in [-0.2, 0) is 13.0 Å². The van der Waals surface area contributed by atoms with E-state index < -0.39 is 0 Å². The predicted molar refractivity (Wildman–Crippen MR) is 94.9 cm³/mol. The summed E-state index contributed by atoms with van der Waals surface area (Å²) in [5, 5.41) is 9.60. The zero-order chi connectivity index (χ0) is 15.8. The van der Waals surface area contributed by atoms with Crippen molar-refractivity contribution in [1.29, 1.82) is 0 Å². The lowest BCUT2D eigenvalue weighted by atomic mass is 10.1. The van der Waals surface area contributed by atoms with Gasteiger partial charge in [-0.1, -0.05) is 29.6 Å². The molecule has 1 fully saturated rings. The van der Waals surface area contributed by atoms with Gasteiger partial charge in [0.1, 0.15) is 5.82 Å². The van der Waals surface area contributed by atoms with Gasteiger partial charge in [0.05, 0.1) is 11.4 Å². The van der Waals surface area contributed by atoms with Crippen molar-refractivity contribution in [2.24, 2.45) is 0 Å². The number of rotatable bonds is 3. The summed E-state index contributed by atoms with van der Waals surface area (Å²) in [6.07, 6.45) is 4.98. The Labute approximate surface area is 146 Å². The van der Waals surface area contributed by atoms with Crippen LogP contribution in [0.2, 0.25) is 10.0 Å². The number of halogens is 2. The number of piperidine rings is 1. The van der Waals surface area contributed by atoms with Gasteiger partial charge in [0.15, 0.2) is 0 Å². The van der Waals surface area contributed by atoms with Crippen molar-refractivity contribution in [2.75, 3.05) is 25.0 Å². The van der Waals surface area contributed by atoms with E-state index in [1.807, 2.05) is 16.8 Å². The van der Waals surface area contributed by atoms with Crippen molar-refractivity contribution >= 4 is 29.0 Å². The molecule has 0 amide bonds. The van der Waals surface area contributed by atoms with Crippen LogP contribution < -0.4 is 5.32 Å². The van der Waals surface area contributed by atoms with E-state index in [4.69, 9.17) is 28.3 Å². The SMILES string of the molecule is Clc1cc(Cl)cc(-n2nc(CN3CCCCC3)c3c2NCC3)c1. The number of benzene rings is 1. The van der Waals surface area contributed by atoms with Crippen LogP contribution in [0.1, 0.15) is 30.5 Å². The largest absolute Gasteiger partial charge is 0.369 e. The third kappa shape index (κ3) is 3.08. The predicted octanol–water partition coefficient (Wildman–Crippen LogP) is 4.13. The van der Waals surface area contributed by atoms with E-state index in [0.717, 1.165) is 31.0 Å². The third-order valence-corrected chi connectivity index (χ3v) is 5.08. The molecule has 0 spiro atoms. The average molecular weight is 351 g/mol. The molecular formula is C17H20Cl2N4. The molecule has 1 saturated heterocycles. The Hall–Kier alpha value is -1.23. The molecule has 1 N–H and O–H groups in total. The van der Waals surface area contributed by atoms with Gasteiger partial charge in [-0.15, -0.1) is 0 Å². The molecule has 4 nitrogen and oxygen atoms in total. The maximum atomic E-state index is 6.16. The van der Waals surface area contributed by atoms with Gasteiger partial charge in [-0.25, -0.2) is 4.68 Å². The molecule has 0 radical (unpaired) electrons. The highest BCUT2D eigenvalue weighted by Crippen LogP contribution is 2.31. The van der Waals surface area contributed by atoms with E-state index in [2.05, 4.69) is 10.2 Å². The molecular weight excluding hydrogens is 331 g/mol. The summed E-state index contributed by atoms with van der Waals surface area (Å²) in [5.74, 6) is 1.09. The van der Waals surface area contributed by atoms with Gasteiger partial charge >= 0.3 is 0 Å². The highest BCUT2D eigenvalue weighted by Gasteiger charge is 2.24. The lowest BCUT2D eigenvalue weighted by Gasteiger charge is -2.25. The summed E-state index contributed by atoms with van der Waals surface area (Å²) < 4.78 is 1.96. The molecule has 0 unspecified atom stereocenters. The zero-order valence-corrected chi connectivity index (χ0v) is 14.5. The number of hydrogen-bond acceptors (Lipinski definition) is 3. The van der Waals surface area contributed by atoms with Crippen LogP contribution in [0.25, 0.3) is 5.69 Å². The molecule has 0 saturated carbocycles. The zero-order valence-electron chi connectivity index (χ0n) is 13.0. The Morgan fingerprint density at radius 1 is 1.04 bits per heavy atom. The second-order valence-corrected chi connectivity index (χ2v) is 7.20. The molecule has 1 aromatic heterocycles. The first-order valence-corrected chi connectivity index (χ1v) is 9.00. The Morgan fingerprint density at radius 2 is 1.78 bits per heavy atom. The molecule has 6 heteroatoms. The molecule has 122 valence electrons. The summed E-state index contributed by atoms with van der Waals surface area (Å²) in [7, 11) is 0. The average Bonchev–Trinajstić information content (AvgIpc) is 3.11. The molecule has 0 bridgehead atoms. The number of fused-ring (bicyclic) bond motifs is 1. The number of nitrogens with zero attached hydrogens (tertiary/aromatic N) is 3. The van der Waals surface area contributed by atoms with E-state index in [1.54, 1.807) is 6.07 Å². The Kier molecular flexibility index (Phi) is 4.22. The van der Waals surface area contributed by atoms with Crippen molar-refractivity contribution in [3.8, 4) is 5.69 Å². The first-order chi connectivity index (χ1) is 11.2. The second-order valence-electron chi connectivity index (χ2n) is 6.33. The van der Waals surface area contributed by atoms with Crippen LogP contribution in [0.4, 0.5) is 5.82 Å². The van der Waals surface area contributed by atoms with Crippen molar-refractivity contribution in [1.82, 2.24) is 14.7 Å². The van der Waals surface area contributed by atoms with E-state index >= 15 is 0 Å². The smallest absolute Gasteiger partial charge is 0.133 e. The van der Waals surface area contributed by atoms with Crippen LogP contribution in [0.15, 0.2) is 18.2 Å². The molecule has 0 aliphatic carbocycles. The Morgan fingerprint density at radius 3 is 2.52 bits per heavy atom. The van der Waals surface area contributed by atoms with Crippen LogP contribution >= 0.6 is 23.2 Å². The molecule has 2 aliphatic heterocycles. The minimum Gasteiger partial charge on any atom is -0.369 e. The standard InChI is InChI=1S/C17H20Cl2N4/c18-12-8-13(19)10-14(9-12)23-17-15(4-5-20-17)16(21-23)11-22-6-2-1-3-7-22/h8-10,20H,1-7,11H2. The van der Waals surface area contributed by atoms with Crippen molar-refractivity contribution in [3.63, 3.8) is 0 Å². The summed E-state index contributed by atoms with van der Waals surface area (Å²) in [4.78, 5) is 2.51. The fourth-order valence-electron chi connectivity index (χ4n) is 3.55. The van der Waals surface area contributed by atoms with Gasteiger partial charge in [0, 0.05) is 28.7 Å². The number of hydrogen-bond donors (Lipinski definition) is 1. The summed E-state index contributed by atoms with van der Waals surface area (Å²) in [6.45, 7) is 4.26. The minimum atomic E-state index is 0.632. The van der Waals surface area contributed by atoms with E-state index in [1.165, 1.54) is 43.6 Å². The molecule has 2 aromatic rings. The fourth-order valence-corrected chi connectivity index (χ4v) is 4.07. The number of nitrogens with one attached hydrogen (secondary N) is 1. The van der Waals surface area contributed by atoms with Crippen molar-refractivity contribution in [3.05, 3.63) is 39.5 Å². The van der Waals surface area contributed by atoms with Crippen LogP contribution in [0, 0.1) is 0 Å². The minimum absolute atomic E-state index is 0.632. The van der Waals surface area contributed by atoms with Gasteiger partial charge in [-0.3, -0.25) is 4.90 Å². The third-order valence-electron chi connectivity index (χ3n) is 4.65. The van der Waals surface area contributed by atoms with Crippen molar-refractivity contribution < 1.29 is 0 Å². The van der Waals surface area contributed by atoms with E-state index in [-0.39, 0.29) is 0 Å². The van der Waals surface area contributed by atoms with Crippen LogP contribution in [-0.4, -0.2) is 34.3 Å². The summed E-state index contributed by atoms with van der Waals surface area (Å²) in [5.41, 5.74) is 3.44. The number of aromatic nitrogens is 2. The molecule has 3 heterocycles. The monoisotopic (exact) mass is 350 g/mol. The lowest BCUT2D eigenvalue weighted by Crippen LogP contribution is -2.29. The molecule has 0 atom stereocenters. The molecule has 2 aliphatic rings. The van der Waals surface area contributed by atoms with Gasteiger partial charge in [0.25, 0.3) is 0 Å². The fraction of sp³-hybridized carbons (Fsp3) is 0.471. The quantitative estimate of drug-likeness (QED) is 0.903. The van der Waals surface area contributed by atoms with Gasteiger partial charge < -0.3 is 5.32 Å². The first kappa shape index (κ1) is 15.3. The Bertz CT molecular complexity index is 699. The lowest BCUT2D eigenvalue weighted by molar-refractivity contribution is 0.217. The van der Waals surface area contributed by atoms with Crippen LogP contribution in [0.5, 0.6) is 0 Å². The van der Waals surface area contributed by atoms with Crippen molar-refractivity contribution in [2.45, 2.75) is 32.2 Å². The summed E-state index contributed by atoms with van der Waals surface area (Å²) in [6, 6.07) is 5.56. The maximum absolute atomic E-state index is 6.16. The summed E-state index contributed by atoms with van der Waals surface area (Å²) >= 11 is 12.3.